The van der Waals surface area contributed by atoms with Crippen LogP contribution in [0.25, 0.3) is 22.4 Å². The van der Waals surface area contributed by atoms with E-state index in [1.165, 1.54) is 11.1 Å². The molecule has 1 aliphatic rings. The molecular weight excluding hydrogens is 336 g/mol. The van der Waals surface area contributed by atoms with Crippen LogP contribution in [0, 0.1) is 6.92 Å². The first-order valence-electron chi connectivity index (χ1n) is 9.20. The maximum atomic E-state index is 10.4. The zero-order valence-electron chi connectivity index (χ0n) is 15.1. The number of hydrogen-bond acceptors (Lipinski definition) is 4. The first-order chi connectivity index (χ1) is 13.2. The van der Waals surface area contributed by atoms with Crippen molar-refractivity contribution in [1.82, 2.24) is 19.5 Å². The Bertz CT molecular complexity index is 1120. The second kappa shape index (κ2) is 6.28. The largest absolute Gasteiger partial charge is 0.388 e. The number of aliphatic hydroxyl groups is 1. The molecule has 0 radical (unpaired) electrons. The molecule has 4 aromatic rings. The van der Waals surface area contributed by atoms with Crippen molar-refractivity contribution in [3.8, 4) is 11.3 Å². The van der Waals surface area contributed by atoms with Crippen LogP contribution >= 0.6 is 0 Å². The van der Waals surface area contributed by atoms with Gasteiger partial charge in [0.1, 0.15) is 17.5 Å². The molecule has 0 unspecified atom stereocenters. The van der Waals surface area contributed by atoms with Crippen molar-refractivity contribution in [3.63, 3.8) is 0 Å². The van der Waals surface area contributed by atoms with Crippen molar-refractivity contribution in [3.05, 3.63) is 77.9 Å². The van der Waals surface area contributed by atoms with E-state index in [-0.39, 0.29) is 5.92 Å². The minimum atomic E-state index is -0.390. The predicted molar refractivity (Wildman–Crippen MR) is 104 cm³/mol. The molecule has 0 saturated heterocycles. The highest BCUT2D eigenvalue weighted by molar-refractivity contribution is 5.87. The number of nitrogens with zero attached hydrogens (tertiary/aromatic N) is 4. The topological polar surface area (TPSA) is 63.8 Å². The molecule has 5 nitrogen and oxygen atoms in total. The maximum absolute atomic E-state index is 10.4. The minimum absolute atomic E-state index is 0.256. The molecule has 0 bridgehead atoms. The fourth-order valence-electron chi connectivity index (χ4n) is 4.06. The van der Waals surface area contributed by atoms with Gasteiger partial charge in [0.15, 0.2) is 5.65 Å². The second-order valence-corrected chi connectivity index (χ2v) is 7.23. The van der Waals surface area contributed by atoms with E-state index in [0.717, 1.165) is 41.0 Å². The fourth-order valence-corrected chi connectivity index (χ4v) is 4.06. The van der Waals surface area contributed by atoms with Crippen molar-refractivity contribution < 1.29 is 5.11 Å². The van der Waals surface area contributed by atoms with E-state index in [1.807, 2.05) is 24.5 Å². The van der Waals surface area contributed by atoms with Gasteiger partial charge in [-0.05, 0) is 24.5 Å². The Morgan fingerprint density at radius 2 is 1.78 bits per heavy atom. The maximum Gasteiger partial charge on any atom is 0.163 e. The van der Waals surface area contributed by atoms with Crippen molar-refractivity contribution in [2.75, 3.05) is 0 Å². The summed E-state index contributed by atoms with van der Waals surface area (Å²) in [7, 11) is 0. The molecule has 2 aromatic carbocycles. The number of hydrogen-bond donors (Lipinski definition) is 1. The monoisotopic (exact) mass is 356 g/mol. The highest BCUT2D eigenvalue weighted by Crippen LogP contribution is 2.41. The molecule has 2 aromatic heterocycles. The van der Waals surface area contributed by atoms with Crippen LogP contribution < -0.4 is 0 Å². The van der Waals surface area contributed by atoms with Gasteiger partial charge in [0.2, 0.25) is 0 Å². The van der Waals surface area contributed by atoms with E-state index in [0.29, 0.717) is 0 Å². The van der Waals surface area contributed by atoms with Gasteiger partial charge in [-0.15, -0.1) is 0 Å². The summed E-state index contributed by atoms with van der Waals surface area (Å²) in [6.07, 6.45) is 3.78. The molecule has 0 amide bonds. The average molecular weight is 356 g/mol. The molecule has 0 aliphatic heterocycles. The van der Waals surface area contributed by atoms with Gasteiger partial charge in [0, 0.05) is 18.0 Å². The highest BCUT2D eigenvalue weighted by atomic mass is 16.3. The van der Waals surface area contributed by atoms with Gasteiger partial charge in [-0.2, -0.15) is 0 Å². The summed E-state index contributed by atoms with van der Waals surface area (Å²) in [6.45, 7) is 2.82. The first-order valence-corrected chi connectivity index (χ1v) is 9.20. The van der Waals surface area contributed by atoms with Crippen LogP contribution in [0.15, 0.2) is 61.2 Å². The third-order valence-electron chi connectivity index (χ3n) is 5.45. The van der Waals surface area contributed by atoms with Crippen LogP contribution in [0.4, 0.5) is 0 Å². The minimum Gasteiger partial charge on any atom is -0.388 e. The molecule has 27 heavy (non-hydrogen) atoms. The molecule has 0 spiro atoms. The zero-order valence-corrected chi connectivity index (χ0v) is 15.1. The molecule has 2 atom stereocenters. The normalized spacial score (nSPS) is 18.7. The molecule has 5 heteroatoms. The molecule has 1 N–H and O–H groups in total. The fraction of sp³-hybridized carbons (Fsp3) is 0.227. The molecule has 1 aliphatic carbocycles. The number of rotatable bonds is 3. The number of imidazole rings is 1. The number of fused-ring (bicyclic) bond motifs is 2. The van der Waals surface area contributed by atoms with Crippen LogP contribution in [0.1, 0.15) is 35.1 Å². The van der Waals surface area contributed by atoms with E-state index in [1.54, 1.807) is 6.33 Å². The third kappa shape index (κ3) is 2.71. The summed E-state index contributed by atoms with van der Waals surface area (Å²) >= 11 is 0. The lowest BCUT2D eigenvalue weighted by atomic mass is 10.0. The SMILES string of the molecule is Cc1ccc(-c2ncnc3c2ncn3C[C@@H]2C[C@H](O)c3ccccc32)cc1. The molecule has 2 heterocycles. The van der Waals surface area contributed by atoms with E-state index < -0.39 is 6.10 Å². The van der Waals surface area contributed by atoms with Crippen molar-refractivity contribution >= 4 is 11.2 Å². The summed E-state index contributed by atoms with van der Waals surface area (Å²) in [4.78, 5) is 13.6. The lowest BCUT2D eigenvalue weighted by molar-refractivity contribution is 0.171. The third-order valence-corrected chi connectivity index (χ3v) is 5.45. The van der Waals surface area contributed by atoms with Gasteiger partial charge in [0.25, 0.3) is 0 Å². The molecule has 0 fully saturated rings. The summed E-state index contributed by atoms with van der Waals surface area (Å²) in [6, 6.07) is 16.4. The summed E-state index contributed by atoms with van der Waals surface area (Å²) in [5.41, 5.74) is 7.02. The van der Waals surface area contributed by atoms with Crippen molar-refractivity contribution in [2.45, 2.75) is 31.9 Å². The first kappa shape index (κ1) is 16.1. The van der Waals surface area contributed by atoms with Crippen LogP contribution in [0.3, 0.4) is 0 Å². The Balaban J connectivity index is 1.53. The predicted octanol–water partition coefficient (Wildman–Crippen LogP) is 4.02. The van der Waals surface area contributed by atoms with Crippen molar-refractivity contribution in [1.29, 1.82) is 0 Å². The Hall–Kier alpha value is -3.05. The number of aryl methyl sites for hydroxylation is 1. The second-order valence-electron chi connectivity index (χ2n) is 7.23. The van der Waals surface area contributed by atoms with Gasteiger partial charge >= 0.3 is 0 Å². The lowest BCUT2D eigenvalue weighted by Gasteiger charge is -2.12. The van der Waals surface area contributed by atoms with E-state index >= 15 is 0 Å². The quantitative estimate of drug-likeness (QED) is 0.602. The summed E-state index contributed by atoms with van der Waals surface area (Å²) < 4.78 is 2.08. The molecule has 134 valence electrons. The van der Waals surface area contributed by atoms with Crippen LogP contribution in [0.2, 0.25) is 0 Å². The summed E-state index contributed by atoms with van der Waals surface area (Å²) in [5, 5.41) is 10.4. The van der Waals surface area contributed by atoms with Crippen LogP contribution in [-0.2, 0) is 6.54 Å². The number of aromatic nitrogens is 4. The van der Waals surface area contributed by atoms with Gasteiger partial charge < -0.3 is 9.67 Å². The van der Waals surface area contributed by atoms with Gasteiger partial charge in [-0.3, -0.25) is 0 Å². The smallest absolute Gasteiger partial charge is 0.163 e. The van der Waals surface area contributed by atoms with E-state index in [9.17, 15) is 5.11 Å². The Labute approximate surface area is 157 Å². The average Bonchev–Trinajstić information content (AvgIpc) is 3.25. The van der Waals surface area contributed by atoms with Crippen molar-refractivity contribution in [2.24, 2.45) is 0 Å². The van der Waals surface area contributed by atoms with Gasteiger partial charge in [-0.25, -0.2) is 15.0 Å². The van der Waals surface area contributed by atoms with Crippen LogP contribution in [-0.4, -0.2) is 24.6 Å². The standard InChI is InChI=1S/C22H20N4O/c1-14-6-8-15(9-7-14)20-21-22(24-12-23-20)26(13-25-21)11-16-10-19(27)18-5-3-2-4-17(16)18/h2-9,12-13,16,19,27H,10-11H2,1H3/t16-,19-/m0/s1. The molecular formula is C22H20N4O. The van der Waals surface area contributed by atoms with E-state index in [4.69, 9.17) is 0 Å². The molecule has 0 saturated carbocycles. The number of aliphatic hydroxyl groups excluding tert-OH is 1. The van der Waals surface area contributed by atoms with Crippen LogP contribution in [0.5, 0.6) is 0 Å². The van der Waals surface area contributed by atoms with Gasteiger partial charge in [-0.1, -0.05) is 54.1 Å². The molecule has 5 rings (SSSR count). The Morgan fingerprint density at radius 3 is 2.59 bits per heavy atom. The Kier molecular flexibility index (Phi) is 3.76. The lowest BCUT2D eigenvalue weighted by Crippen LogP contribution is -2.07. The number of benzene rings is 2. The Morgan fingerprint density at radius 1 is 1.00 bits per heavy atom. The highest BCUT2D eigenvalue weighted by Gasteiger charge is 2.29. The van der Waals surface area contributed by atoms with E-state index in [2.05, 4.69) is 56.8 Å². The zero-order chi connectivity index (χ0) is 18.4. The summed E-state index contributed by atoms with van der Waals surface area (Å²) in [5.74, 6) is 0.256. The van der Waals surface area contributed by atoms with Gasteiger partial charge in [0.05, 0.1) is 12.4 Å².